The summed E-state index contributed by atoms with van der Waals surface area (Å²) < 4.78 is 6.92. The third-order valence-corrected chi connectivity index (χ3v) is 3.70. The molecule has 0 N–H and O–H groups in total. The second-order valence-electron chi connectivity index (χ2n) is 5.17. The van der Waals surface area contributed by atoms with Crippen LogP contribution in [0.4, 0.5) is 4.79 Å². The molecule has 3 heterocycles. The van der Waals surface area contributed by atoms with Gasteiger partial charge in [-0.3, -0.25) is 4.90 Å². The monoisotopic (exact) mass is 288 g/mol. The number of rotatable bonds is 3. The Morgan fingerprint density at radius 3 is 2.81 bits per heavy atom. The SMILES string of the molecule is CCOC(=O)N1CCN(Cc2cc3ccccn3n2)CC1. The standard InChI is InChI=1S/C15H20N4O2/c1-2-21-15(20)18-9-7-17(8-10-18)12-13-11-14-5-3-4-6-19(14)16-13/h3-6,11H,2,7-10,12H2,1H3. The Balaban J connectivity index is 1.56. The third kappa shape index (κ3) is 3.16. The molecular weight excluding hydrogens is 268 g/mol. The van der Waals surface area contributed by atoms with Crippen LogP contribution < -0.4 is 0 Å². The molecule has 0 spiro atoms. The number of piperazine rings is 1. The molecule has 1 saturated heterocycles. The van der Waals surface area contributed by atoms with Crippen LogP contribution in [-0.4, -0.2) is 58.3 Å². The van der Waals surface area contributed by atoms with Crippen molar-refractivity contribution in [3.8, 4) is 0 Å². The maximum atomic E-state index is 11.7. The fourth-order valence-corrected chi connectivity index (χ4v) is 2.60. The van der Waals surface area contributed by atoms with E-state index in [1.165, 1.54) is 0 Å². The fourth-order valence-electron chi connectivity index (χ4n) is 2.60. The van der Waals surface area contributed by atoms with E-state index in [1.54, 1.807) is 4.90 Å². The van der Waals surface area contributed by atoms with Gasteiger partial charge in [-0.05, 0) is 25.1 Å². The predicted molar refractivity (Wildman–Crippen MR) is 79.1 cm³/mol. The van der Waals surface area contributed by atoms with E-state index in [1.807, 2.05) is 29.8 Å². The minimum Gasteiger partial charge on any atom is -0.450 e. The van der Waals surface area contributed by atoms with Crippen LogP contribution in [0.15, 0.2) is 30.5 Å². The smallest absolute Gasteiger partial charge is 0.409 e. The zero-order chi connectivity index (χ0) is 14.7. The normalized spacial score (nSPS) is 16.3. The molecule has 3 rings (SSSR count). The second-order valence-corrected chi connectivity index (χ2v) is 5.17. The topological polar surface area (TPSA) is 50.1 Å². The maximum absolute atomic E-state index is 11.7. The summed E-state index contributed by atoms with van der Waals surface area (Å²) >= 11 is 0. The Morgan fingerprint density at radius 2 is 2.10 bits per heavy atom. The first kappa shape index (κ1) is 13.9. The van der Waals surface area contributed by atoms with Gasteiger partial charge in [-0.2, -0.15) is 5.10 Å². The Kier molecular flexibility index (Phi) is 4.06. The number of hydrogen-bond acceptors (Lipinski definition) is 4. The van der Waals surface area contributed by atoms with Gasteiger partial charge in [-0.15, -0.1) is 0 Å². The highest BCUT2D eigenvalue weighted by Gasteiger charge is 2.22. The highest BCUT2D eigenvalue weighted by atomic mass is 16.6. The van der Waals surface area contributed by atoms with Crippen molar-refractivity contribution in [2.75, 3.05) is 32.8 Å². The summed E-state index contributed by atoms with van der Waals surface area (Å²) in [5, 5.41) is 4.56. The number of fused-ring (bicyclic) bond motifs is 1. The lowest BCUT2D eigenvalue weighted by Crippen LogP contribution is -2.48. The molecule has 6 nitrogen and oxygen atoms in total. The zero-order valence-electron chi connectivity index (χ0n) is 12.2. The number of carbonyl (C=O) groups is 1. The quantitative estimate of drug-likeness (QED) is 0.861. The van der Waals surface area contributed by atoms with E-state index in [2.05, 4.69) is 22.1 Å². The summed E-state index contributed by atoms with van der Waals surface area (Å²) in [4.78, 5) is 15.7. The summed E-state index contributed by atoms with van der Waals surface area (Å²) in [6.07, 6.45) is 1.75. The molecule has 2 aromatic heterocycles. The van der Waals surface area contributed by atoms with Crippen LogP contribution in [-0.2, 0) is 11.3 Å². The molecule has 1 fully saturated rings. The van der Waals surface area contributed by atoms with Gasteiger partial charge in [0.25, 0.3) is 0 Å². The first-order valence-corrected chi connectivity index (χ1v) is 7.33. The average molecular weight is 288 g/mol. The molecule has 0 aromatic carbocycles. The number of amides is 1. The summed E-state index contributed by atoms with van der Waals surface area (Å²) in [6.45, 7) is 6.22. The Morgan fingerprint density at radius 1 is 1.29 bits per heavy atom. The largest absolute Gasteiger partial charge is 0.450 e. The van der Waals surface area contributed by atoms with Gasteiger partial charge < -0.3 is 9.64 Å². The van der Waals surface area contributed by atoms with Crippen molar-refractivity contribution >= 4 is 11.6 Å². The minimum absolute atomic E-state index is 0.204. The van der Waals surface area contributed by atoms with Crippen LogP contribution in [0.3, 0.4) is 0 Å². The van der Waals surface area contributed by atoms with E-state index in [0.717, 1.165) is 30.8 Å². The summed E-state index contributed by atoms with van der Waals surface area (Å²) in [5.74, 6) is 0. The van der Waals surface area contributed by atoms with Gasteiger partial charge in [0.1, 0.15) is 0 Å². The Bertz CT molecular complexity index is 584. The van der Waals surface area contributed by atoms with Gasteiger partial charge in [0.15, 0.2) is 0 Å². The highest BCUT2D eigenvalue weighted by molar-refractivity contribution is 5.67. The minimum atomic E-state index is -0.204. The number of pyridine rings is 1. The van der Waals surface area contributed by atoms with Gasteiger partial charge in [0, 0.05) is 38.9 Å². The zero-order valence-corrected chi connectivity index (χ0v) is 12.2. The van der Waals surface area contributed by atoms with Crippen molar-refractivity contribution in [1.82, 2.24) is 19.4 Å². The molecule has 21 heavy (non-hydrogen) atoms. The molecule has 112 valence electrons. The number of carbonyl (C=O) groups excluding carboxylic acids is 1. The molecule has 0 unspecified atom stereocenters. The highest BCUT2D eigenvalue weighted by Crippen LogP contribution is 2.11. The molecule has 1 amide bonds. The van der Waals surface area contributed by atoms with Crippen molar-refractivity contribution in [1.29, 1.82) is 0 Å². The molecule has 0 bridgehead atoms. The lowest BCUT2D eigenvalue weighted by atomic mass is 10.3. The van der Waals surface area contributed by atoms with Crippen molar-refractivity contribution in [3.63, 3.8) is 0 Å². The van der Waals surface area contributed by atoms with E-state index in [4.69, 9.17) is 4.74 Å². The lowest BCUT2D eigenvalue weighted by Gasteiger charge is -2.33. The summed E-state index contributed by atoms with van der Waals surface area (Å²) in [5.41, 5.74) is 2.17. The van der Waals surface area contributed by atoms with Crippen LogP contribution in [0.25, 0.3) is 5.52 Å². The number of nitrogens with zero attached hydrogens (tertiary/aromatic N) is 4. The molecule has 1 aliphatic rings. The molecule has 6 heteroatoms. The Hall–Kier alpha value is -2.08. The first-order valence-electron chi connectivity index (χ1n) is 7.33. The van der Waals surface area contributed by atoms with E-state index in [9.17, 15) is 4.79 Å². The number of ether oxygens (including phenoxy) is 1. The molecule has 1 aliphatic heterocycles. The summed E-state index contributed by atoms with van der Waals surface area (Å²) in [6, 6.07) is 8.15. The molecule has 0 atom stereocenters. The van der Waals surface area contributed by atoms with E-state index >= 15 is 0 Å². The van der Waals surface area contributed by atoms with Gasteiger partial charge in [-0.25, -0.2) is 9.31 Å². The predicted octanol–water partition coefficient (Wildman–Crippen LogP) is 1.61. The van der Waals surface area contributed by atoms with Gasteiger partial charge in [0.2, 0.25) is 0 Å². The molecular formula is C15H20N4O2. The number of hydrogen-bond donors (Lipinski definition) is 0. The third-order valence-electron chi connectivity index (χ3n) is 3.70. The molecule has 2 aromatic rings. The van der Waals surface area contributed by atoms with Crippen LogP contribution >= 0.6 is 0 Å². The van der Waals surface area contributed by atoms with Gasteiger partial charge in [0.05, 0.1) is 17.8 Å². The van der Waals surface area contributed by atoms with Crippen molar-refractivity contribution in [2.45, 2.75) is 13.5 Å². The maximum Gasteiger partial charge on any atom is 0.409 e. The van der Waals surface area contributed by atoms with Crippen LogP contribution in [0.2, 0.25) is 0 Å². The lowest BCUT2D eigenvalue weighted by molar-refractivity contribution is 0.0775. The molecule has 0 saturated carbocycles. The fraction of sp³-hybridized carbons (Fsp3) is 0.467. The van der Waals surface area contributed by atoms with Crippen molar-refractivity contribution in [3.05, 3.63) is 36.2 Å². The van der Waals surface area contributed by atoms with Crippen LogP contribution in [0, 0.1) is 0 Å². The van der Waals surface area contributed by atoms with Crippen LogP contribution in [0.5, 0.6) is 0 Å². The molecule has 0 radical (unpaired) electrons. The van der Waals surface area contributed by atoms with Gasteiger partial charge in [-0.1, -0.05) is 6.07 Å². The van der Waals surface area contributed by atoms with Crippen molar-refractivity contribution in [2.24, 2.45) is 0 Å². The van der Waals surface area contributed by atoms with E-state index < -0.39 is 0 Å². The first-order chi connectivity index (χ1) is 10.3. The molecule has 0 aliphatic carbocycles. The Labute approximate surface area is 123 Å². The van der Waals surface area contributed by atoms with Gasteiger partial charge >= 0.3 is 6.09 Å². The van der Waals surface area contributed by atoms with Crippen molar-refractivity contribution < 1.29 is 9.53 Å². The van der Waals surface area contributed by atoms with Crippen LogP contribution in [0.1, 0.15) is 12.6 Å². The summed E-state index contributed by atoms with van der Waals surface area (Å²) in [7, 11) is 0. The second kappa shape index (κ2) is 6.13. The van der Waals surface area contributed by atoms with E-state index in [-0.39, 0.29) is 6.09 Å². The van der Waals surface area contributed by atoms with E-state index in [0.29, 0.717) is 19.7 Å². The number of aromatic nitrogens is 2. The average Bonchev–Trinajstić information content (AvgIpc) is 2.90.